The summed E-state index contributed by atoms with van der Waals surface area (Å²) in [6.45, 7) is 12.5. The van der Waals surface area contributed by atoms with E-state index in [-0.39, 0.29) is 17.6 Å². The van der Waals surface area contributed by atoms with Crippen LogP contribution in [0.2, 0.25) is 0 Å². The number of aromatic amines is 1. The molecule has 0 radical (unpaired) electrons. The highest BCUT2D eigenvalue weighted by Gasteiger charge is 2.33. The first-order chi connectivity index (χ1) is 14.7. The molecule has 0 saturated carbocycles. The Morgan fingerprint density at radius 2 is 1.74 bits per heavy atom. The van der Waals surface area contributed by atoms with Gasteiger partial charge in [-0.3, -0.25) is 9.59 Å². The Balaban J connectivity index is 1.66. The molecule has 7 heteroatoms. The maximum absolute atomic E-state index is 13.2. The van der Waals surface area contributed by atoms with Crippen LogP contribution >= 0.6 is 0 Å². The number of anilines is 1. The average Bonchev–Trinajstić information content (AvgIpc) is 3.07. The second kappa shape index (κ2) is 9.47. The van der Waals surface area contributed by atoms with Gasteiger partial charge in [0.05, 0.1) is 44.0 Å². The van der Waals surface area contributed by atoms with Crippen LogP contribution in [0.3, 0.4) is 0 Å². The predicted octanol–water partition coefficient (Wildman–Crippen LogP) is 1.99. The summed E-state index contributed by atoms with van der Waals surface area (Å²) in [5.74, 6) is -0.309. The standard InChI is InChI=1S/C24H31N3O4/c1-6-31-24(30)21-15(2)22(25-16(21)3)23(29)17(4)26-11-13-27(14-12-26)20-9-7-19(8-10-20)18(5)28/h7-10,17,25H,6,11-14H2,1-5H3/p+1/t17-/m0/s1. The van der Waals surface area contributed by atoms with Gasteiger partial charge in [-0.2, -0.15) is 0 Å². The van der Waals surface area contributed by atoms with Gasteiger partial charge in [0.2, 0.25) is 5.78 Å². The molecular formula is C24H32N3O4+. The lowest BCUT2D eigenvalue weighted by Crippen LogP contribution is -3.18. The van der Waals surface area contributed by atoms with E-state index in [1.54, 1.807) is 27.7 Å². The molecule has 2 N–H and O–H groups in total. The Bertz CT molecular complexity index is 969. The number of esters is 1. The lowest BCUT2D eigenvalue weighted by atomic mass is 10.0. The number of Topliss-reactive ketones (excluding diaryl/α,β-unsaturated/α-hetero) is 2. The number of aromatic nitrogens is 1. The molecule has 7 nitrogen and oxygen atoms in total. The third-order valence-corrected chi connectivity index (χ3v) is 6.21. The molecule has 166 valence electrons. The van der Waals surface area contributed by atoms with Gasteiger partial charge in [-0.15, -0.1) is 0 Å². The molecule has 0 bridgehead atoms. The monoisotopic (exact) mass is 426 g/mol. The number of piperazine rings is 1. The molecule has 0 unspecified atom stereocenters. The molecule has 3 rings (SSSR count). The number of ether oxygens (including phenoxy) is 1. The van der Waals surface area contributed by atoms with Gasteiger partial charge >= 0.3 is 5.97 Å². The summed E-state index contributed by atoms with van der Waals surface area (Å²) in [7, 11) is 0. The van der Waals surface area contributed by atoms with E-state index < -0.39 is 5.97 Å². The Labute approximate surface area is 183 Å². The summed E-state index contributed by atoms with van der Waals surface area (Å²) in [6, 6.07) is 7.48. The van der Waals surface area contributed by atoms with Crippen molar-refractivity contribution in [2.24, 2.45) is 0 Å². The number of nitrogens with zero attached hydrogens (tertiary/aromatic N) is 1. The molecule has 1 saturated heterocycles. The van der Waals surface area contributed by atoms with Crippen LogP contribution in [0.25, 0.3) is 0 Å². The lowest BCUT2D eigenvalue weighted by Gasteiger charge is -2.36. The highest BCUT2D eigenvalue weighted by molar-refractivity contribution is 6.03. The zero-order chi connectivity index (χ0) is 22.7. The van der Waals surface area contributed by atoms with Gasteiger partial charge in [-0.1, -0.05) is 0 Å². The van der Waals surface area contributed by atoms with Gasteiger partial charge in [-0.25, -0.2) is 4.79 Å². The van der Waals surface area contributed by atoms with Crippen molar-refractivity contribution in [3.05, 3.63) is 52.3 Å². The first kappa shape index (κ1) is 22.7. The summed E-state index contributed by atoms with van der Waals surface area (Å²) < 4.78 is 5.13. The number of aryl methyl sites for hydroxylation is 1. The van der Waals surface area contributed by atoms with Crippen LogP contribution in [0.5, 0.6) is 0 Å². The number of hydrogen-bond acceptors (Lipinski definition) is 5. The average molecular weight is 427 g/mol. The van der Waals surface area contributed by atoms with E-state index in [0.717, 1.165) is 31.9 Å². The first-order valence-corrected chi connectivity index (χ1v) is 10.9. The summed E-state index contributed by atoms with van der Waals surface area (Å²) >= 11 is 0. The van der Waals surface area contributed by atoms with Crippen LogP contribution in [-0.2, 0) is 4.74 Å². The van der Waals surface area contributed by atoms with Crippen LogP contribution < -0.4 is 9.80 Å². The molecular weight excluding hydrogens is 394 g/mol. The Morgan fingerprint density at radius 1 is 1.13 bits per heavy atom. The number of nitrogens with one attached hydrogen (secondary N) is 2. The molecule has 31 heavy (non-hydrogen) atoms. The molecule has 2 heterocycles. The number of rotatable bonds is 7. The molecule has 2 aromatic rings. The van der Waals surface area contributed by atoms with Gasteiger partial charge in [0, 0.05) is 16.9 Å². The summed E-state index contributed by atoms with van der Waals surface area (Å²) in [5.41, 5.74) is 4.11. The van der Waals surface area contributed by atoms with Crippen LogP contribution in [0.1, 0.15) is 63.2 Å². The number of quaternary nitrogens is 1. The van der Waals surface area contributed by atoms with Crippen molar-refractivity contribution in [2.45, 2.75) is 40.7 Å². The van der Waals surface area contributed by atoms with Crippen molar-refractivity contribution in [3.63, 3.8) is 0 Å². The van der Waals surface area contributed by atoms with Crippen molar-refractivity contribution in [1.29, 1.82) is 0 Å². The summed E-state index contributed by atoms with van der Waals surface area (Å²) in [5, 5.41) is 0. The number of ketones is 2. The van der Waals surface area contributed by atoms with E-state index >= 15 is 0 Å². The molecule has 1 atom stereocenters. The summed E-state index contributed by atoms with van der Waals surface area (Å²) in [4.78, 5) is 43.6. The number of carbonyl (C=O) groups is 3. The van der Waals surface area contributed by atoms with Crippen molar-refractivity contribution in [2.75, 3.05) is 37.7 Å². The Hall–Kier alpha value is -2.93. The number of hydrogen-bond donors (Lipinski definition) is 2. The fourth-order valence-corrected chi connectivity index (χ4v) is 4.30. The molecule has 0 amide bonds. The maximum Gasteiger partial charge on any atom is 0.340 e. The second-order valence-corrected chi connectivity index (χ2v) is 8.18. The van der Waals surface area contributed by atoms with Gasteiger partial charge < -0.3 is 19.5 Å². The molecule has 0 aliphatic carbocycles. The zero-order valence-corrected chi connectivity index (χ0v) is 19.0. The fraction of sp³-hybridized carbons (Fsp3) is 0.458. The minimum atomic E-state index is -0.391. The van der Waals surface area contributed by atoms with Crippen molar-refractivity contribution >= 4 is 23.2 Å². The number of carbonyl (C=O) groups excluding carboxylic acids is 3. The number of benzene rings is 1. The van der Waals surface area contributed by atoms with Crippen molar-refractivity contribution in [1.82, 2.24) is 4.98 Å². The second-order valence-electron chi connectivity index (χ2n) is 8.18. The third kappa shape index (κ3) is 4.71. The SMILES string of the molecule is CCOC(=O)c1c(C)[nH]c(C(=O)[C@H](C)[NH+]2CCN(c3ccc(C(C)=O)cc3)CC2)c1C. The largest absolute Gasteiger partial charge is 0.462 e. The van der Waals surface area contributed by atoms with Crippen molar-refractivity contribution in [3.8, 4) is 0 Å². The van der Waals surface area contributed by atoms with E-state index in [1.807, 2.05) is 31.2 Å². The summed E-state index contributed by atoms with van der Waals surface area (Å²) in [6.07, 6.45) is 0. The van der Waals surface area contributed by atoms with E-state index in [1.165, 1.54) is 4.90 Å². The molecule has 1 aliphatic heterocycles. The molecule has 1 aliphatic rings. The highest BCUT2D eigenvalue weighted by atomic mass is 16.5. The van der Waals surface area contributed by atoms with Crippen LogP contribution in [0.15, 0.2) is 24.3 Å². The minimum Gasteiger partial charge on any atom is -0.462 e. The lowest BCUT2D eigenvalue weighted by molar-refractivity contribution is -0.914. The topological polar surface area (TPSA) is 83.9 Å². The van der Waals surface area contributed by atoms with Crippen LogP contribution in [-0.4, -0.2) is 61.3 Å². The van der Waals surface area contributed by atoms with Crippen molar-refractivity contribution < 1.29 is 24.0 Å². The normalized spacial score (nSPS) is 15.6. The predicted molar refractivity (Wildman–Crippen MR) is 119 cm³/mol. The van der Waals surface area contributed by atoms with E-state index in [0.29, 0.717) is 34.7 Å². The fourth-order valence-electron chi connectivity index (χ4n) is 4.30. The van der Waals surface area contributed by atoms with Gasteiger partial charge in [-0.05, 0) is 64.4 Å². The Morgan fingerprint density at radius 3 is 2.29 bits per heavy atom. The van der Waals surface area contributed by atoms with E-state index in [2.05, 4.69) is 9.88 Å². The molecule has 1 fully saturated rings. The molecule has 1 aromatic carbocycles. The first-order valence-electron chi connectivity index (χ1n) is 10.9. The maximum atomic E-state index is 13.2. The smallest absolute Gasteiger partial charge is 0.340 e. The molecule has 1 aromatic heterocycles. The highest BCUT2D eigenvalue weighted by Crippen LogP contribution is 2.20. The van der Waals surface area contributed by atoms with Gasteiger partial charge in [0.15, 0.2) is 11.8 Å². The van der Waals surface area contributed by atoms with Gasteiger partial charge in [0.25, 0.3) is 0 Å². The van der Waals surface area contributed by atoms with E-state index in [9.17, 15) is 14.4 Å². The van der Waals surface area contributed by atoms with E-state index in [4.69, 9.17) is 4.74 Å². The van der Waals surface area contributed by atoms with Crippen LogP contribution in [0.4, 0.5) is 5.69 Å². The third-order valence-electron chi connectivity index (χ3n) is 6.21. The Kier molecular flexibility index (Phi) is 6.95. The minimum absolute atomic E-state index is 0.0189. The van der Waals surface area contributed by atoms with Crippen LogP contribution in [0, 0.1) is 13.8 Å². The quantitative estimate of drug-likeness (QED) is 0.523. The number of H-pyrrole nitrogens is 1. The van der Waals surface area contributed by atoms with Gasteiger partial charge in [0.1, 0.15) is 0 Å². The zero-order valence-electron chi connectivity index (χ0n) is 19.0. The molecule has 0 spiro atoms.